The Kier molecular flexibility index (Phi) is 5.83. The highest BCUT2D eigenvalue weighted by molar-refractivity contribution is 5.85. The van der Waals surface area contributed by atoms with Crippen LogP contribution in [0.2, 0.25) is 0 Å². The predicted molar refractivity (Wildman–Crippen MR) is 80.3 cm³/mol. The Hall–Kier alpha value is -1.06. The van der Waals surface area contributed by atoms with Gasteiger partial charge in [0, 0.05) is 13.1 Å². The molecule has 106 valence electrons. The molecule has 3 atom stereocenters. The third kappa shape index (κ3) is 3.95. The summed E-state index contributed by atoms with van der Waals surface area (Å²) in [7, 11) is 0. The maximum absolute atomic E-state index is 12.2. The minimum Gasteiger partial charge on any atom is -0.341 e. The number of nitrogens with zero attached hydrogens (tertiary/aromatic N) is 1. The van der Waals surface area contributed by atoms with Crippen LogP contribution in [0.25, 0.3) is 0 Å². The summed E-state index contributed by atoms with van der Waals surface area (Å²) in [6.45, 7) is 6.09. The van der Waals surface area contributed by atoms with Crippen molar-refractivity contribution in [3.05, 3.63) is 35.9 Å². The molecule has 1 heterocycles. The summed E-state index contributed by atoms with van der Waals surface area (Å²) in [6.07, 6.45) is 0.624. The third-order valence-electron chi connectivity index (χ3n) is 3.92. The largest absolute Gasteiger partial charge is 0.341 e. The number of amides is 1. The van der Waals surface area contributed by atoms with Crippen LogP contribution in [0, 0.1) is 11.8 Å². The molecule has 19 heavy (non-hydrogen) atoms. The molecule has 1 aromatic carbocycles. The van der Waals surface area contributed by atoms with Gasteiger partial charge >= 0.3 is 0 Å². The lowest BCUT2D eigenvalue weighted by atomic mass is 10.0. The highest BCUT2D eigenvalue weighted by Gasteiger charge is 2.31. The van der Waals surface area contributed by atoms with E-state index in [-0.39, 0.29) is 18.3 Å². The number of halogens is 1. The number of carbonyl (C=O) groups excluding carboxylic acids is 1. The minimum absolute atomic E-state index is 0. The van der Waals surface area contributed by atoms with Crippen molar-refractivity contribution in [2.75, 3.05) is 13.1 Å². The van der Waals surface area contributed by atoms with E-state index < -0.39 is 6.04 Å². The molecule has 1 aliphatic heterocycles. The van der Waals surface area contributed by atoms with E-state index in [4.69, 9.17) is 5.73 Å². The molecule has 0 bridgehead atoms. The minimum atomic E-state index is -0.412. The molecule has 4 heteroatoms. The third-order valence-corrected chi connectivity index (χ3v) is 3.92. The summed E-state index contributed by atoms with van der Waals surface area (Å²) < 4.78 is 0. The number of hydrogen-bond donors (Lipinski definition) is 1. The lowest BCUT2D eigenvalue weighted by Crippen LogP contribution is -2.44. The zero-order valence-corrected chi connectivity index (χ0v) is 12.4. The molecule has 1 amide bonds. The molecule has 0 aromatic heterocycles. The van der Waals surface area contributed by atoms with Crippen LogP contribution in [-0.2, 0) is 11.2 Å². The van der Waals surface area contributed by atoms with E-state index in [0.717, 1.165) is 18.7 Å². The fourth-order valence-corrected chi connectivity index (χ4v) is 2.50. The molecule has 0 aliphatic carbocycles. The van der Waals surface area contributed by atoms with Gasteiger partial charge in [0.1, 0.15) is 0 Å². The van der Waals surface area contributed by atoms with Crippen LogP contribution in [0.3, 0.4) is 0 Å². The Morgan fingerprint density at radius 1 is 1.26 bits per heavy atom. The van der Waals surface area contributed by atoms with Crippen LogP contribution in [0.5, 0.6) is 0 Å². The van der Waals surface area contributed by atoms with Gasteiger partial charge in [-0.25, -0.2) is 0 Å². The molecule has 0 radical (unpaired) electrons. The lowest BCUT2D eigenvalue weighted by Gasteiger charge is -2.20. The summed E-state index contributed by atoms with van der Waals surface area (Å²) in [6, 6.07) is 9.55. The van der Waals surface area contributed by atoms with Crippen LogP contribution in [-0.4, -0.2) is 29.9 Å². The summed E-state index contributed by atoms with van der Waals surface area (Å²) >= 11 is 0. The van der Waals surface area contributed by atoms with Crippen molar-refractivity contribution in [2.24, 2.45) is 17.6 Å². The second kappa shape index (κ2) is 6.92. The predicted octanol–water partition coefficient (Wildman–Crippen LogP) is 2.09. The molecule has 0 spiro atoms. The molecule has 2 rings (SSSR count). The molecule has 2 N–H and O–H groups in total. The average molecular weight is 283 g/mol. The first kappa shape index (κ1) is 16.0. The van der Waals surface area contributed by atoms with E-state index in [1.54, 1.807) is 0 Å². The van der Waals surface area contributed by atoms with Gasteiger partial charge in [0.05, 0.1) is 6.04 Å². The number of rotatable bonds is 3. The number of nitrogens with two attached hydrogens (primary N) is 1. The maximum Gasteiger partial charge on any atom is 0.239 e. The first-order valence-electron chi connectivity index (χ1n) is 6.66. The number of likely N-dealkylation sites (tertiary alicyclic amines) is 1. The smallest absolute Gasteiger partial charge is 0.239 e. The Labute approximate surface area is 121 Å². The standard InChI is InChI=1S/C15H22N2O.ClH/c1-11-9-17(10-12(11)2)15(18)14(16)8-13-6-4-3-5-7-13;/h3-7,11-12,14H,8-10,16H2,1-2H3;1H. The van der Waals surface area contributed by atoms with Crippen molar-refractivity contribution in [1.29, 1.82) is 0 Å². The highest BCUT2D eigenvalue weighted by atomic mass is 35.5. The van der Waals surface area contributed by atoms with Crippen LogP contribution in [0.1, 0.15) is 19.4 Å². The summed E-state index contributed by atoms with van der Waals surface area (Å²) in [5, 5.41) is 0. The van der Waals surface area contributed by atoms with Gasteiger partial charge in [0.2, 0.25) is 5.91 Å². The molecule has 1 fully saturated rings. The van der Waals surface area contributed by atoms with Gasteiger partial charge in [-0.3, -0.25) is 4.79 Å². The van der Waals surface area contributed by atoms with E-state index >= 15 is 0 Å². The molecule has 3 nitrogen and oxygen atoms in total. The number of carbonyl (C=O) groups is 1. The number of hydrogen-bond acceptors (Lipinski definition) is 2. The first-order valence-corrected chi connectivity index (χ1v) is 6.66. The van der Waals surface area contributed by atoms with E-state index in [0.29, 0.717) is 18.3 Å². The van der Waals surface area contributed by atoms with E-state index in [2.05, 4.69) is 13.8 Å². The monoisotopic (exact) mass is 282 g/mol. The molecule has 1 saturated heterocycles. The van der Waals surface area contributed by atoms with Crippen LogP contribution in [0.15, 0.2) is 30.3 Å². The van der Waals surface area contributed by atoms with E-state index in [1.807, 2.05) is 35.2 Å². The highest BCUT2D eigenvalue weighted by Crippen LogP contribution is 2.22. The van der Waals surface area contributed by atoms with Gasteiger partial charge in [0.25, 0.3) is 0 Å². The summed E-state index contributed by atoms with van der Waals surface area (Å²) in [5.74, 6) is 1.26. The van der Waals surface area contributed by atoms with Gasteiger partial charge in [-0.2, -0.15) is 0 Å². The summed E-state index contributed by atoms with van der Waals surface area (Å²) in [4.78, 5) is 14.2. The van der Waals surface area contributed by atoms with Crippen LogP contribution >= 0.6 is 12.4 Å². The molecule has 1 aromatic rings. The van der Waals surface area contributed by atoms with Crippen molar-refractivity contribution < 1.29 is 4.79 Å². The maximum atomic E-state index is 12.2. The van der Waals surface area contributed by atoms with Crippen LogP contribution < -0.4 is 5.73 Å². The molecular weight excluding hydrogens is 260 g/mol. The van der Waals surface area contributed by atoms with Crippen molar-refractivity contribution in [2.45, 2.75) is 26.3 Å². The Balaban J connectivity index is 0.00000180. The van der Waals surface area contributed by atoms with Gasteiger partial charge in [-0.05, 0) is 23.8 Å². The fraction of sp³-hybridized carbons (Fsp3) is 0.533. The zero-order valence-electron chi connectivity index (χ0n) is 11.6. The Morgan fingerprint density at radius 2 is 1.79 bits per heavy atom. The van der Waals surface area contributed by atoms with E-state index in [1.165, 1.54) is 0 Å². The van der Waals surface area contributed by atoms with Gasteiger partial charge in [-0.1, -0.05) is 44.2 Å². The second-order valence-corrected chi connectivity index (χ2v) is 5.49. The Morgan fingerprint density at radius 3 is 2.32 bits per heavy atom. The molecule has 1 aliphatic rings. The SMILES string of the molecule is CC1CN(C(=O)C(N)Cc2ccccc2)CC1C.Cl. The summed E-state index contributed by atoms with van der Waals surface area (Å²) in [5.41, 5.74) is 7.15. The van der Waals surface area contributed by atoms with Crippen molar-refractivity contribution >= 4 is 18.3 Å². The number of benzene rings is 1. The Bertz CT molecular complexity index is 400. The van der Waals surface area contributed by atoms with Gasteiger partial charge in [0.15, 0.2) is 0 Å². The van der Waals surface area contributed by atoms with Gasteiger partial charge in [-0.15, -0.1) is 12.4 Å². The van der Waals surface area contributed by atoms with Crippen molar-refractivity contribution in [3.8, 4) is 0 Å². The molecule has 0 saturated carbocycles. The topological polar surface area (TPSA) is 46.3 Å². The van der Waals surface area contributed by atoms with Crippen molar-refractivity contribution in [1.82, 2.24) is 4.90 Å². The second-order valence-electron chi connectivity index (χ2n) is 5.49. The fourth-order valence-electron chi connectivity index (χ4n) is 2.50. The lowest BCUT2D eigenvalue weighted by molar-refractivity contribution is -0.131. The van der Waals surface area contributed by atoms with Crippen molar-refractivity contribution in [3.63, 3.8) is 0 Å². The van der Waals surface area contributed by atoms with E-state index in [9.17, 15) is 4.79 Å². The average Bonchev–Trinajstić information content (AvgIpc) is 2.70. The molecule has 3 unspecified atom stereocenters. The van der Waals surface area contributed by atoms with Crippen LogP contribution in [0.4, 0.5) is 0 Å². The van der Waals surface area contributed by atoms with Gasteiger partial charge < -0.3 is 10.6 Å². The zero-order chi connectivity index (χ0) is 13.1. The first-order chi connectivity index (χ1) is 8.58. The normalized spacial score (nSPS) is 23.8. The molecular formula is C15H23ClN2O. The quantitative estimate of drug-likeness (QED) is 0.923.